The molecular weight excluding hydrogens is 182 g/mol. The number of carboxylic acid groups (broad SMARTS) is 2. The average Bonchev–Trinajstić information content (AvgIpc) is 2.03. The molecule has 1 aromatic rings. The lowest BCUT2D eigenvalue weighted by atomic mass is 10.3. The Hall–Kier alpha value is -1.55. The number of benzene rings is 1. The number of carbonyl (C=O) groups is 1. The van der Waals surface area contributed by atoms with E-state index in [1.54, 1.807) is 0 Å². The number of hydrogen-bond donors (Lipinski definition) is 2. The molecule has 1 rings (SSSR count). The third-order valence-corrected chi connectivity index (χ3v) is 1.53. The quantitative estimate of drug-likeness (QED) is 0.679. The molecule has 2 N–H and O–H groups in total. The Labute approximate surface area is 83.6 Å². The first-order valence-corrected chi connectivity index (χ1v) is 4.13. The van der Waals surface area contributed by atoms with Gasteiger partial charge in [0.25, 0.3) is 0 Å². The Morgan fingerprint density at radius 2 is 1.43 bits per heavy atom. The molecule has 0 saturated heterocycles. The van der Waals surface area contributed by atoms with Crippen LogP contribution < -0.4 is 4.48 Å². The molecule has 0 aliphatic rings. The van der Waals surface area contributed by atoms with E-state index in [0.717, 1.165) is 4.48 Å². The van der Waals surface area contributed by atoms with E-state index in [-0.39, 0.29) is 0 Å². The van der Waals surface area contributed by atoms with Crippen LogP contribution in [0.5, 0.6) is 0 Å². The highest BCUT2D eigenvalue weighted by Gasteiger charge is 2.08. The van der Waals surface area contributed by atoms with Crippen molar-refractivity contribution in [2.45, 2.75) is 0 Å². The summed E-state index contributed by atoms with van der Waals surface area (Å²) in [6, 6.07) is 10.5. The largest absolute Gasteiger partial charge is 0.503 e. The van der Waals surface area contributed by atoms with Gasteiger partial charge in [-0.3, -0.25) is 4.48 Å². The molecule has 0 aliphatic heterocycles. The standard InChI is InChI=1S/C9H14N.CH2O3/c1-10(2,3)9-7-5-4-6-8-9;2-1(3)4/h4-8H,1-3H3;(H2,2,3,4)/q+1;. The first-order chi connectivity index (χ1) is 6.34. The summed E-state index contributed by atoms with van der Waals surface area (Å²) in [6.07, 6.45) is -1.83. The second kappa shape index (κ2) is 5.24. The predicted octanol–water partition coefficient (Wildman–Crippen LogP) is 2.11. The van der Waals surface area contributed by atoms with Gasteiger partial charge in [0.05, 0.1) is 21.1 Å². The lowest BCUT2D eigenvalue weighted by Crippen LogP contribution is -2.34. The summed E-state index contributed by atoms with van der Waals surface area (Å²) in [7, 11) is 6.49. The van der Waals surface area contributed by atoms with Crippen LogP contribution in [0, 0.1) is 0 Å². The fourth-order valence-electron chi connectivity index (χ4n) is 0.875. The maximum Gasteiger partial charge on any atom is 0.503 e. The number of para-hydroxylation sites is 1. The molecule has 0 unspecified atom stereocenters. The van der Waals surface area contributed by atoms with Crippen LogP contribution >= 0.6 is 0 Å². The second-order valence-electron chi connectivity index (χ2n) is 3.63. The van der Waals surface area contributed by atoms with Crippen LogP contribution in [0.2, 0.25) is 0 Å². The van der Waals surface area contributed by atoms with E-state index in [1.165, 1.54) is 5.69 Å². The Morgan fingerprint density at radius 1 is 1.07 bits per heavy atom. The summed E-state index contributed by atoms with van der Waals surface area (Å²) in [5.74, 6) is 0. The van der Waals surface area contributed by atoms with Crippen molar-refractivity contribution in [1.29, 1.82) is 0 Å². The molecular formula is C10H16NO3+. The maximum atomic E-state index is 8.56. The highest BCUT2D eigenvalue weighted by molar-refractivity contribution is 5.53. The van der Waals surface area contributed by atoms with E-state index in [2.05, 4.69) is 45.4 Å². The fraction of sp³-hybridized carbons (Fsp3) is 0.300. The van der Waals surface area contributed by atoms with Gasteiger partial charge in [0.2, 0.25) is 0 Å². The van der Waals surface area contributed by atoms with Crippen molar-refractivity contribution in [2.24, 2.45) is 0 Å². The molecule has 1 aromatic carbocycles. The van der Waals surface area contributed by atoms with E-state index in [9.17, 15) is 0 Å². The lowest BCUT2D eigenvalue weighted by Gasteiger charge is -2.22. The van der Waals surface area contributed by atoms with Gasteiger partial charge in [-0.25, -0.2) is 4.79 Å². The van der Waals surface area contributed by atoms with Gasteiger partial charge in [-0.05, 0) is 12.1 Å². The molecule has 14 heavy (non-hydrogen) atoms. The third kappa shape index (κ3) is 6.02. The Morgan fingerprint density at radius 3 is 1.64 bits per heavy atom. The zero-order valence-electron chi connectivity index (χ0n) is 8.64. The summed E-state index contributed by atoms with van der Waals surface area (Å²) in [5.41, 5.74) is 1.34. The number of rotatable bonds is 1. The van der Waals surface area contributed by atoms with Crippen molar-refractivity contribution in [1.82, 2.24) is 4.48 Å². The average molecular weight is 198 g/mol. The van der Waals surface area contributed by atoms with Crippen LogP contribution in [0.3, 0.4) is 0 Å². The first-order valence-electron chi connectivity index (χ1n) is 4.13. The van der Waals surface area contributed by atoms with Gasteiger partial charge in [0.1, 0.15) is 5.69 Å². The van der Waals surface area contributed by atoms with E-state index >= 15 is 0 Å². The van der Waals surface area contributed by atoms with Crippen molar-refractivity contribution in [3.63, 3.8) is 0 Å². The summed E-state index contributed by atoms with van der Waals surface area (Å²) in [5, 5.41) is 13.9. The summed E-state index contributed by atoms with van der Waals surface area (Å²) >= 11 is 0. The zero-order valence-corrected chi connectivity index (χ0v) is 8.64. The molecule has 4 nitrogen and oxygen atoms in total. The van der Waals surface area contributed by atoms with Crippen LogP contribution in [-0.4, -0.2) is 37.5 Å². The van der Waals surface area contributed by atoms with E-state index < -0.39 is 6.16 Å². The van der Waals surface area contributed by atoms with Crippen molar-refractivity contribution in [3.8, 4) is 0 Å². The summed E-state index contributed by atoms with van der Waals surface area (Å²) < 4.78 is 0.890. The molecule has 0 aliphatic carbocycles. The Balaban J connectivity index is 0.000000364. The van der Waals surface area contributed by atoms with Crippen LogP contribution in [0.15, 0.2) is 30.3 Å². The van der Waals surface area contributed by atoms with Gasteiger partial charge in [-0.2, -0.15) is 0 Å². The second-order valence-corrected chi connectivity index (χ2v) is 3.63. The molecule has 4 heteroatoms. The van der Waals surface area contributed by atoms with Gasteiger partial charge >= 0.3 is 6.16 Å². The van der Waals surface area contributed by atoms with E-state index in [0.29, 0.717) is 0 Å². The molecule has 0 spiro atoms. The number of nitrogens with zero attached hydrogens (tertiary/aromatic N) is 1. The van der Waals surface area contributed by atoms with Crippen molar-refractivity contribution in [2.75, 3.05) is 21.1 Å². The minimum atomic E-state index is -1.83. The lowest BCUT2D eigenvalue weighted by molar-refractivity contribution is 0.137. The normalized spacial score (nSPS) is 9.93. The van der Waals surface area contributed by atoms with Crippen LogP contribution in [-0.2, 0) is 0 Å². The molecule has 0 heterocycles. The molecule has 0 atom stereocenters. The summed E-state index contributed by atoms with van der Waals surface area (Å²) in [6.45, 7) is 0. The zero-order chi connectivity index (χ0) is 11.2. The highest BCUT2D eigenvalue weighted by Crippen LogP contribution is 2.14. The van der Waals surface area contributed by atoms with Crippen LogP contribution in [0.25, 0.3) is 0 Å². The molecule has 0 amide bonds. The van der Waals surface area contributed by atoms with Gasteiger partial charge in [-0.1, -0.05) is 18.2 Å². The highest BCUT2D eigenvalue weighted by atomic mass is 16.6. The van der Waals surface area contributed by atoms with Crippen LogP contribution in [0.4, 0.5) is 10.5 Å². The monoisotopic (exact) mass is 198 g/mol. The maximum absolute atomic E-state index is 8.56. The first kappa shape index (κ1) is 12.4. The Kier molecular flexibility index (Phi) is 4.66. The molecule has 0 bridgehead atoms. The van der Waals surface area contributed by atoms with Gasteiger partial charge in [0, 0.05) is 0 Å². The number of quaternary nitrogens is 1. The molecule has 0 saturated carbocycles. The SMILES string of the molecule is C[N+](C)(C)c1ccccc1.O=C(O)O. The minimum Gasteiger partial charge on any atom is -0.450 e. The molecule has 0 aromatic heterocycles. The minimum absolute atomic E-state index is 0.890. The third-order valence-electron chi connectivity index (χ3n) is 1.53. The van der Waals surface area contributed by atoms with Crippen molar-refractivity contribution in [3.05, 3.63) is 30.3 Å². The van der Waals surface area contributed by atoms with Gasteiger partial charge < -0.3 is 10.2 Å². The summed E-state index contributed by atoms with van der Waals surface area (Å²) in [4.78, 5) is 8.56. The Bertz CT molecular complexity index is 273. The smallest absolute Gasteiger partial charge is 0.450 e. The van der Waals surface area contributed by atoms with Gasteiger partial charge in [0.15, 0.2) is 0 Å². The fourth-order valence-corrected chi connectivity index (χ4v) is 0.875. The predicted molar refractivity (Wildman–Crippen MR) is 56.7 cm³/mol. The van der Waals surface area contributed by atoms with Crippen LogP contribution in [0.1, 0.15) is 0 Å². The molecule has 0 radical (unpaired) electrons. The van der Waals surface area contributed by atoms with E-state index in [1.807, 2.05) is 6.07 Å². The van der Waals surface area contributed by atoms with Crippen molar-refractivity contribution >= 4 is 11.8 Å². The van der Waals surface area contributed by atoms with Crippen molar-refractivity contribution < 1.29 is 15.0 Å². The molecule has 0 fully saturated rings. The molecule has 78 valence electrons. The van der Waals surface area contributed by atoms with Gasteiger partial charge in [-0.15, -0.1) is 0 Å². The topological polar surface area (TPSA) is 57.5 Å². The van der Waals surface area contributed by atoms with E-state index in [4.69, 9.17) is 15.0 Å². The number of hydrogen-bond acceptors (Lipinski definition) is 1.